The predicted molar refractivity (Wildman–Crippen MR) is 99.6 cm³/mol. The van der Waals surface area contributed by atoms with Crippen LogP contribution in [0.1, 0.15) is 24.8 Å². The number of hydrogen-bond donors (Lipinski definition) is 1. The zero-order valence-electron chi connectivity index (χ0n) is 16.0. The van der Waals surface area contributed by atoms with Crippen LogP contribution in [0.5, 0.6) is 0 Å². The van der Waals surface area contributed by atoms with Gasteiger partial charge in [-0.1, -0.05) is 37.3 Å². The lowest BCUT2D eigenvalue weighted by Crippen LogP contribution is -2.50. The second-order valence-corrected chi connectivity index (χ2v) is 6.99. The summed E-state index contributed by atoms with van der Waals surface area (Å²) < 4.78 is 37.2. The van der Waals surface area contributed by atoms with Gasteiger partial charge >= 0.3 is 6.18 Å². The molecule has 1 heterocycles. The molecule has 1 N–H and O–H groups in total. The van der Waals surface area contributed by atoms with Crippen LogP contribution in [0.15, 0.2) is 35.3 Å². The first kappa shape index (κ1) is 21.1. The first-order valence-electron chi connectivity index (χ1n) is 9.02. The minimum Gasteiger partial charge on any atom is -0.347 e. The Morgan fingerprint density at radius 1 is 1.33 bits per heavy atom. The van der Waals surface area contributed by atoms with Gasteiger partial charge in [0.1, 0.15) is 6.54 Å². The monoisotopic (exact) mass is 384 g/mol. The highest BCUT2D eigenvalue weighted by molar-refractivity contribution is 5.86. The summed E-state index contributed by atoms with van der Waals surface area (Å²) in [4.78, 5) is 18.8. The third-order valence-corrected chi connectivity index (χ3v) is 4.88. The SMILES string of the molecule is CN=C(NCC(=O)N(C)CC(F)(F)F)N1CCC(c2ccccc2)C(C)C1. The number of carbonyl (C=O) groups excluding carboxylic acids is 1. The van der Waals surface area contributed by atoms with Crippen LogP contribution in [-0.2, 0) is 4.79 Å². The van der Waals surface area contributed by atoms with E-state index in [4.69, 9.17) is 0 Å². The fourth-order valence-electron chi connectivity index (χ4n) is 3.51. The molecule has 0 spiro atoms. The number of nitrogens with zero attached hydrogens (tertiary/aromatic N) is 3. The minimum atomic E-state index is -4.40. The standard InChI is InChI=1S/C19H27F3N4O/c1-14-12-26(10-9-16(14)15-7-5-4-6-8-15)18(23-2)24-11-17(27)25(3)13-19(20,21)22/h4-8,14,16H,9-13H2,1-3H3,(H,23,24). The molecule has 2 atom stereocenters. The van der Waals surface area contributed by atoms with Crippen LogP contribution in [0.4, 0.5) is 13.2 Å². The summed E-state index contributed by atoms with van der Waals surface area (Å²) in [7, 11) is 2.76. The maximum atomic E-state index is 12.4. The molecule has 2 unspecified atom stereocenters. The number of guanidine groups is 1. The molecule has 5 nitrogen and oxygen atoms in total. The van der Waals surface area contributed by atoms with E-state index in [0.717, 1.165) is 26.6 Å². The van der Waals surface area contributed by atoms with Crippen molar-refractivity contribution in [2.45, 2.75) is 25.4 Å². The third-order valence-electron chi connectivity index (χ3n) is 4.88. The van der Waals surface area contributed by atoms with E-state index in [2.05, 4.69) is 34.3 Å². The zero-order chi connectivity index (χ0) is 20.0. The highest BCUT2D eigenvalue weighted by Crippen LogP contribution is 2.32. The predicted octanol–water partition coefficient (Wildman–Crippen LogP) is 2.71. The third kappa shape index (κ3) is 6.15. The number of likely N-dealkylation sites (tertiary alicyclic amines) is 1. The summed E-state index contributed by atoms with van der Waals surface area (Å²) in [5.41, 5.74) is 1.32. The van der Waals surface area contributed by atoms with Crippen molar-refractivity contribution in [2.24, 2.45) is 10.9 Å². The number of piperidine rings is 1. The molecule has 2 rings (SSSR count). The lowest BCUT2D eigenvalue weighted by Gasteiger charge is -2.39. The van der Waals surface area contributed by atoms with Crippen LogP contribution in [0, 0.1) is 5.92 Å². The molecule has 0 aliphatic carbocycles. The van der Waals surface area contributed by atoms with E-state index in [0.29, 0.717) is 22.7 Å². The van der Waals surface area contributed by atoms with Gasteiger partial charge in [-0.3, -0.25) is 9.79 Å². The van der Waals surface area contributed by atoms with Crippen LogP contribution < -0.4 is 5.32 Å². The largest absolute Gasteiger partial charge is 0.406 e. The Hall–Kier alpha value is -2.25. The average Bonchev–Trinajstić information content (AvgIpc) is 2.61. The summed E-state index contributed by atoms with van der Waals surface area (Å²) in [5.74, 6) is 0.770. The number of likely N-dealkylation sites (N-methyl/N-ethyl adjacent to an activating group) is 1. The van der Waals surface area contributed by atoms with E-state index in [1.807, 2.05) is 18.2 Å². The molecule has 1 fully saturated rings. The fourth-order valence-corrected chi connectivity index (χ4v) is 3.51. The second-order valence-electron chi connectivity index (χ2n) is 6.99. The van der Waals surface area contributed by atoms with Gasteiger partial charge in [0.2, 0.25) is 5.91 Å². The van der Waals surface area contributed by atoms with Crippen molar-refractivity contribution in [3.05, 3.63) is 35.9 Å². The summed E-state index contributed by atoms with van der Waals surface area (Å²) in [5, 5.41) is 2.90. The number of halogens is 3. The number of rotatable bonds is 4. The van der Waals surface area contributed by atoms with Crippen molar-refractivity contribution in [3.8, 4) is 0 Å². The normalized spacial score (nSPS) is 21.1. The fraction of sp³-hybridized carbons (Fsp3) is 0.579. The van der Waals surface area contributed by atoms with Crippen LogP contribution in [0.2, 0.25) is 0 Å². The Morgan fingerprint density at radius 3 is 2.56 bits per heavy atom. The maximum absolute atomic E-state index is 12.4. The topological polar surface area (TPSA) is 47.9 Å². The molecule has 8 heteroatoms. The molecule has 1 amide bonds. The molecule has 0 radical (unpaired) electrons. The van der Waals surface area contributed by atoms with Crippen molar-refractivity contribution in [1.82, 2.24) is 15.1 Å². The van der Waals surface area contributed by atoms with Gasteiger partial charge < -0.3 is 15.1 Å². The van der Waals surface area contributed by atoms with Gasteiger partial charge in [-0.25, -0.2) is 0 Å². The Bertz CT molecular complexity index is 648. The molecule has 1 aliphatic rings. The Morgan fingerprint density at radius 2 is 2.00 bits per heavy atom. The quantitative estimate of drug-likeness (QED) is 0.642. The number of carbonyl (C=O) groups is 1. The van der Waals surface area contributed by atoms with E-state index in [1.54, 1.807) is 7.05 Å². The molecular formula is C19H27F3N4O. The zero-order valence-corrected chi connectivity index (χ0v) is 16.0. The maximum Gasteiger partial charge on any atom is 0.406 e. The number of amides is 1. The molecule has 1 aromatic carbocycles. The van der Waals surface area contributed by atoms with Crippen molar-refractivity contribution < 1.29 is 18.0 Å². The van der Waals surface area contributed by atoms with E-state index >= 15 is 0 Å². The van der Waals surface area contributed by atoms with Gasteiger partial charge in [-0.15, -0.1) is 0 Å². The van der Waals surface area contributed by atoms with Crippen molar-refractivity contribution in [3.63, 3.8) is 0 Å². The molecule has 0 aromatic heterocycles. The minimum absolute atomic E-state index is 0.216. The molecule has 0 saturated carbocycles. The molecule has 1 aromatic rings. The molecule has 150 valence electrons. The van der Waals surface area contributed by atoms with E-state index in [9.17, 15) is 18.0 Å². The lowest BCUT2D eigenvalue weighted by molar-refractivity contribution is -0.157. The number of aliphatic imine (C=N–C) groups is 1. The summed E-state index contributed by atoms with van der Waals surface area (Å²) in [6.07, 6.45) is -3.45. The first-order valence-corrected chi connectivity index (χ1v) is 9.02. The van der Waals surface area contributed by atoms with Crippen LogP contribution in [0.3, 0.4) is 0 Å². The summed E-state index contributed by atoms with van der Waals surface area (Å²) in [6, 6.07) is 10.4. The molecule has 0 bridgehead atoms. The van der Waals surface area contributed by atoms with Crippen molar-refractivity contribution >= 4 is 11.9 Å². The number of hydrogen-bond acceptors (Lipinski definition) is 2. The number of benzene rings is 1. The van der Waals surface area contributed by atoms with Gasteiger partial charge in [-0.2, -0.15) is 13.2 Å². The molecule has 1 saturated heterocycles. The van der Waals surface area contributed by atoms with Crippen molar-refractivity contribution in [2.75, 3.05) is 40.3 Å². The summed E-state index contributed by atoms with van der Waals surface area (Å²) in [6.45, 7) is 2.25. The molecule has 27 heavy (non-hydrogen) atoms. The van der Waals surface area contributed by atoms with E-state index in [-0.39, 0.29) is 6.54 Å². The molecular weight excluding hydrogens is 357 g/mol. The van der Waals surface area contributed by atoms with Crippen LogP contribution in [0.25, 0.3) is 0 Å². The van der Waals surface area contributed by atoms with Crippen molar-refractivity contribution in [1.29, 1.82) is 0 Å². The van der Waals surface area contributed by atoms with Gasteiger partial charge in [0.05, 0.1) is 6.54 Å². The first-order chi connectivity index (χ1) is 12.7. The highest BCUT2D eigenvalue weighted by atomic mass is 19.4. The van der Waals surface area contributed by atoms with Gasteiger partial charge in [0, 0.05) is 27.2 Å². The van der Waals surface area contributed by atoms with E-state index < -0.39 is 18.6 Å². The lowest BCUT2D eigenvalue weighted by atomic mass is 9.82. The van der Waals surface area contributed by atoms with Crippen LogP contribution in [-0.4, -0.2) is 68.1 Å². The Balaban J connectivity index is 1.89. The highest BCUT2D eigenvalue weighted by Gasteiger charge is 2.32. The number of alkyl halides is 3. The van der Waals surface area contributed by atoms with Gasteiger partial charge in [0.25, 0.3) is 0 Å². The average molecular weight is 384 g/mol. The Kier molecular flexibility index (Phi) is 7.10. The second kappa shape index (κ2) is 9.10. The van der Waals surface area contributed by atoms with E-state index in [1.165, 1.54) is 5.56 Å². The molecule has 1 aliphatic heterocycles. The summed E-state index contributed by atoms with van der Waals surface area (Å²) >= 11 is 0. The van der Waals surface area contributed by atoms with Gasteiger partial charge in [0.15, 0.2) is 5.96 Å². The van der Waals surface area contributed by atoms with Gasteiger partial charge in [-0.05, 0) is 23.8 Å². The Labute approximate surface area is 158 Å². The van der Waals surface area contributed by atoms with Crippen LogP contribution >= 0.6 is 0 Å². The number of nitrogens with one attached hydrogen (secondary N) is 1. The smallest absolute Gasteiger partial charge is 0.347 e.